The number of likely N-dealkylation sites (N-methyl/N-ethyl adjacent to an activating group) is 1. The molecule has 0 saturated heterocycles. The summed E-state index contributed by atoms with van der Waals surface area (Å²) in [6, 6.07) is 24.3. The van der Waals surface area contributed by atoms with Crippen molar-refractivity contribution >= 4 is 50.5 Å². The number of benzene rings is 4. The molecule has 0 spiro atoms. The van der Waals surface area contributed by atoms with Crippen LogP contribution >= 0.6 is 11.6 Å². The van der Waals surface area contributed by atoms with Gasteiger partial charge in [0.2, 0.25) is 0 Å². The van der Waals surface area contributed by atoms with Crippen molar-refractivity contribution < 1.29 is 27.9 Å². The number of amides is 2. The molecule has 0 bridgehead atoms. The molecule has 1 aliphatic rings. The Balaban J connectivity index is 1.32. The second kappa shape index (κ2) is 15.3. The summed E-state index contributed by atoms with van der Waals surface area (Å²) in [6.45, 7) is 4.89. The van der Waals surface area contributed by atoms with E-state index in [0.29, 0.717) is 47.3 Å². The minimum atomic E-state index is -3.96. The van der Waals surface area contributed by atoms with Gasteiger partial charge >= 0.3 is 0 Å². The van der Waals surface area contributed by atoms with Crippen molar-refractivity contribution in [2.24, 2.45) is 5.92 Å². The lowest BCUT2D eigenvalue weighted by Crippen LogP contribution is -2.49. The van der Waals surface area contributed by atoms with E-state index in [1.165, 1.54) is 30.3 Å². The van der Waals surface area contributed by atoms with E-state index in [1.54, 1.807) is 60.4 Å². The number of rotatable bonds is 11. The molecule has 0 unspecified atom stereocenters. The van der Waals surface area contributed by atoms with Gasteiger partial charge in [0.1, 0.15) is 11.9 Å². The van der Waals surface area contributed by atoms with Gasteiger partial charge in [-0.2, -0.15) is 0 Å². The predicted molar refractivity (Wildman–Crippen MR) is 191 cm³/mol. The summed E-state index contributed by atoms with van der Waals surface area (Å²) in [6.07, 6.45) is -0.358. The van der Waals surface area contributed by atoms with Gasteiger partial charge in [-0.25, -0.2) is 8.42 Å². The molecule has 4 aromatic carbocycles. The van der Waals surface area contributed by atoms with E-state index in [2.05, 4.69) is 14.9 Å². The summed E-state index contributed by atoms with van der Waals surface area (Å²) in [4.78, 5) is 30.3. The molecule has 4 aromatic rings. The average Bonchev–Trinajstić information content (AvgIpc) is 3.07. The van der Waals surface area contributed by atoms with Crippen LogP contribution in [0.4, 0.5) is 17.1 Å². The highest BCUT2D eigenvalue weighted by Gasteiger charge is 2.34. The highest BCUT2D eigenvalue weighted by molar-refractivity contribution is 7.92. The van der Waals surface area contributed by atoms with Crippen LogP contribution in [0.3, 0.4) is 0 Å². The number of nitrogens with one attached hydrogen (secondary N) is 2. The number of nitrogen functional groups attached to an aromatic ring is 1. The molecule has 5 N–H and O–H groups in total. The Bertz CT molecular complexity index is 1910. The van der Waals surface area contributed by atoms with Gasteiger partial charge in [0.25, 0.3) is 21.8 Å². The molecule has 11 nitrogen and oxygen atoms in total. The Kier molecular flexibility index (Phi) is 11.1. The number of para-hydroxylation sites is 2. The van der Waals surface area contributed by atoms with Crippen LogP contribution in [0.2, 0.25) is 5.02 Å². The van der Waals surface area contributed by atoms with Gasteiger partial charge in [0.05, 0.1) is 34.5 Å². The maximum absolute atomic E-state index is 13.8. The van der Waals surface area contributed by atoms with Crippen molar-refractivity contribution in [2.45, 2.75) is 37.4 Å². The number of hydrogen-bond donors (Lipinski definition) is 4. The van der Waals surface area contributed by atoms with E-state index < -0.39 is 16.1 Å². The maximum Gasteiger partial charge on any atom is 0.261 e. The van der Waals surface area contributed by atoms with Gasteiger partial charge in [-0.15, -0.1) is 0 Å². The monoisotopic (exact) mass is 705 g/mol. The van der Waals surface area contributed by atoms with Crippen molar-refractivity contribution in [3.63, 3.8) is 0 Å². The number of halogens is 1. The standard InChI is InChI=1S/C36H40ClN5O6S/c1-23-19-42(24(2)22-43)36(45)30-18-28(40-49(46,47)29-15-12-27(37)13-16-29)14-17-33(30)48-34(23)21-41(3)20-25-8-10-26(11-9-25)35(44)39-32-7-5-4-6-31(32)38/h4-18,23-24,34,40,43H,19-22,38H2,1-3H3,(H,39,44)/t23-,24-,34-/m1/s1. The quantitative estimate of drug-likeness (QED) is 0.153. The van der Waals surface area contributed by atoms with Crippen LogP contribution in [-0.2, 0) is 16.6 Å². The van der Waals surface area contributed by atoms with Gasteiger partial charge in [-0.05, 0) is 86.3 Å². The first-order chi connectivity index (χ1) is 23.3. The lowest BCUT2D eigenvalue weighted by atomic mass is 9.99. The number of sulfonamides is 1. The van der Waals surface area contributed by atoms with Crippen molar-refractivity contribution in [2.75, 3.05) is 42.5 Å². The molecule has 2 amide bonds. The fraction of sp³-hybridized carbons (Fsp3) is 0.278. The Labute approximate surface area is 291 Å². The van der Waals surface area contributed by atoms with E-state index in [4.69, 9.17) is 22.1 Å². The highest BCUT2D eigenvalue weighted by atomic mass is 35.5. The van der Waals surface area contributed by atoms with Gasteiger partial charge in [-0.1, -0.05) is 42.8 Å². The van der Waals surface area contributed by atoms with Gasteiger partial charge in [0.15, 0.2) is 0 Å². The minimum Gasteiger partial charge on any atom is -0.488 e. The minimum absolute atomic E-state index is 0.0222. The zero-order valence-corrected chi connectivity index (χ0v) is 29.0. The second-order valence-corrected chi connectivity index (χ2v) is 14.4. The molecule has 49 heavy (non-hydrogen) atoms. The van der Waals surface area contributed by atoms with Crippen LogP contribution in [0.5, 0.6) is 5.75 Å². The second-order valence-electron chi connectivity index (χ2n) is 12.3. The molecule has 0 fully saturated rings. The fourth-order valence-corrected chi connectivity index (χ4v) is 6.76. The van der Waals surface area contributed by atoms with Gasteiger partial charge in [-0.3, -0.25) is 19.2 Å². The third-order valence-corrected chi connectivity index (χ3v) is 10.1. The number of nitrogens with zero attached hydrogens (tertiary/aromatic N) is 2. The number of hydrogen-bond acceptors (Lipinski definition) is 8. The lowest BCUT2D eigenvalue weighted by molar-refractivity contribution is 0.0341. The van der Waals surface area contributed by atoms with Crippen molar-refractivity contribution in [1.82, 2.24) is 9.80 Å². The molecule has 1 aliphatic heterocycles. The van der Waals surface area contributed by atoms with E-state index in [9.17, 15) is 23.1 Å². The van der Waals surface area contributed by atoms with E-state index in [-0.39, 0.29) is 46.6 Å². The normalized spacial score (nSPS) is 17.0. The van der Waals surface area contributed by atoms with Crippen LogP contribution in [-0.4, -0.2) is 74.0 Å². The van der Waals surface area contributed by atoms with Crippen molar-refractivity contribution in [1.29, 1.82) is 0 Å². The summed E-state index contributed by atoms with van der Waals surface area (Å²) in [7, 11) is -2.00. The van der Waals surface area contributed by atoms with E-state index in [0.717, 1.165) is 5.56 Å². The number of aliphatic hydroxyl groups excluding tert-OH is 1. The maximum atomic E-state index is 13.8. The molecule has 0 radical (unpaired) electrons. The molecule has 0 saturated carbocycles. The van der Waals surface area contributed by atoms with Crippen LogP contribution in [0.25, 0.3) is 0 Å². The lowest BCUT2D eigenvalue weighted by Gasteiger charge is -2.38. The fourth-order valence-electron chi connectivity index (χ4n) is 5.58. The first kappa shape index (κ1) is 35.7. The summed E-state index contributed by atoms with van der Waals surface area (Å²) in [5, 5.41) is 13.2. The van der Waals surface area contributed by atoms with Gasteiger partial charge in [0, 0.05) is 41.8 Å². The van der Waals surface area contributed by atoms with Crippen molar-refractivity contribution in [3.8, 4) is 5.75 Å². The molecule has 0 aromatic heterocycles. The van der Waals surface area contributed by atoms with Crippen LogP contribution in [0.15, 0.2) is 95.9 Å². The molecular weight excluding hydrogens is 666 g/mol. The average molecular weight is 706 g/mol. The molecule has 258 valence electrons. The third kappa shape index (κ3) is 8.70. The summed E-state index contributed by atoms with van der Waals surface area (Å²) in [5.74, 6) is -0.436. The zero-order valence-electron chi connectivity index (χ0n) is 27.5. The molecule has 0 aliphatic carbocycles. The molecule has 3 atom stereocenters. The number of ether oxygens (including phenoxy) is 1. The number of carbonyl (C=O) groups is 2. The highest BCUT2D eigenvalue weighted by Crippen LogP contribution is 2.32. The van der Waals surface area contributed by atoms with E-state index >= 15 is 0 Å². The smallest absolute Gasteiger partial charge is 0.261 e. The number of carbonyl (C=O) groups excluding carboxylic acids is 2. The predicted octanol–water partition coefficient (Wildman–Crippen LogP) is 5.33. The topological polar surface area (TPSA) is 154 Å². The Morgan fingerprint density at radius 3 is 2.45 bits per heavy atom. The third-order valence-electron chi connectivity index (χ3n) is 8.41. The Hall–Kier alpha value is -4.62. The number of anilines is 3. The number of nitrogens with two attached hydrogens (primary N) is 1. The SMILES string of the molecule is C[C@@H]1CN([C@H](C)CO)C(=O)c2cc(NS(=O)(=O)c3ccc(Cl)cc3)ccc2O[C@@H]1CN(C)Cc1ccc(C(=O)Nc2ccccc2N)cc1. The largest absolute Gasteiger partial charge is 0.488 e. The summed E-state index contributed by atoms with van der Waals surface area (Å²) >= 11 is 5.93. The number of fused-ring (bicyclic) bond motifs is 1. The van der Waals surface area contributed by atoms with Crippen LogP contribution in [0.1, 0.15) is 40.1 Å². The van der Waals surface area contributed by atoms with Crippen LogP contribution in [0, 0.1) is 5.92 Å². The zero-order chi connectivity index (χ0) is 35.3. The Morgan fingerprint density at radius 1 is 1.08 bits per heavy atom. The van der Waals surface area contributed by atoms with Crippen molar-refractivity contribution in [3.05, 3.63) is 113 Å². The summed E-state index contributed by atoms with van der Waals surface area (Å²) < 4.78 is 35.2. The molecule has 1 heterocycles. The number of aliphatic hydroxyl groups is 1. The summed E-state index contributed by atoms with van der Waals surface area (Å²) in [5.41, 5.74) is 8.85. The molecule has 13 heteroatoms. The van der Waals surface area contributed by atoms with Gasteiger partial charge < -0.3 is 25.8 Å². The molecular formula is C36H40ClN5O6S. The Morgan fingerprint density at radius 2 is 1.78 bits per heavy atom. The first-order valence-electron chi connectivity index (χ1n) is 15.8. The molecule has 5 rings (SSSR count). The van der Waals surface area contributed by atoms with E-state index in [1.807, 2.05) is 26.1 Å². The first-order valence-corrected chi connectivity index (χ1v) is 17.6. The van der Waals surface area contributed by atoms with Crippen LogP contribution < -0.4 is 20.5 Å².